The highest BCUT2D eigenvalue weighted by Gasteiger charge is 2.42. The number of nitrogens with one attached hydrogen (secondary N) is 2. The van der Waals surface area contributed by atoms with Gasteiger partial charge in [0, 0.05) is 5.41 Å². The Morgan fingerprint density at radius 3 is 2.31 bits per heavy atom. The number of aryl methyl sites for hydroxylation is 1. The van der Waals surface area contributed by atoms with E-state index in [1.807, 2.05) is 27.7 Å². The van der Waals surface area contributed by atoms with E-state index in [1.54, 1.807) is 6.07 Å². The summed E-state index contributed by atoms with van der Waals surface area (Å²) in [6.07, 6.45) is 3.99. The number of carbonyl (C=O) groups is 3. The molecule has 1 saturated carbocycles. The van der Waals surface area contributed by atoms with Crippen LogP contribution in [0.5, 0.6) is 0 Å². The van der Waals surface area contributed by atoms with Crippen molar-refractivity contribution in [1.82, 2.24) is 5.32 Å². The van der Waals surface area contributed by atoms with Gasteiger partial charge in [-0.3, -0.25) is 9.59 Å². The third-order valence-electron chi connectivity index (χ3n) is 4.68. The van der Waals surface area contributed by atoms with Crippen molar-refractivity contribution in [2.24, 2.45) is 5.41 Å². The van der Waals surface area contributed by atoms with Gasteiger partial charge in [-0.15, -0.1) is 11.3 Å². The maximum atomic E-state index is 12.8. The van der Waals surface area contributed by atoms with Crippen LogP contribution in [-0.2, 0) is 14.3 Å². The van der Waals surface area contributed by atoms with Gasteiger partial charge in [0.25, 0.3) is 5.91 Å². The summed E-state index contributed by atoms with van der Waals surface area (Å²) in [7, 11) is 1.35. The largest absolute Gasteiger partial charge is 0.467 e. The minimum absolute atomic E-state index is 0.107. The molecule has 1 heterocycles. The van der Waals surface area contributed by atoms with E-state index < -0.39 is 11.0 Å². The maximum Gasteiger partial charge on any atom is 0.331 e. The highest BCUT2D eigenvalue weighted by atomic mass is 32.1. The minimum atomic E-state index is -0.949. The molecular formula is C19H28N2O4S. The summed E-state index contributed by atoms with van der Waals surface area (Å²) >= 11 is 1.22. The fourth-order valence-corrected chi connectivity index (χ4v) is 4.04. The molecular weight excluding hydrogens is 352 g/mol. The molecule has 0 aliphatic heterocycles. The number of hydrogen-bond acceptors (Lipinski definition) is 5. The topological polar surface area (TPSA) is 84.5 Å². The molecule has 1 aliphatic carbocycles. The zero-order valence-electron chi connectivity index (χ0n) is 16.2. The molecule has 0 radical (unpaired) electrons. The van der Waals surface area contributed by atoms with Crippen LogP contribution in [0.4, 0.5) is 5.00 Å². The Morgan fingerprint density at radius 2 is 1.77 bits per heavy atom. The molecule has 0 bridgehead atoms. The van der Waals surface area contributed by atoms with Crippen LogP contribution in [0.3, 0.4) is 0 Å². The number of ether oxygens (including phenoxy) is 1. The lowest BCUT2D eigenvalue weighted by Crippen LogP contribution is -2.56. The Labute approximate surface area is 158 Å². The predicted molar refractivity (Wildman–Crippen MR) is 102 cm³/mol. The van der Waals surface area contributed by atoms with Crippen molar-refractivity contribution in [2.45, 2.75) is 65.3 Å². The minimum Gasteiger partial charge on any atom is -0.467 e. The standard InChI is InChI=1S/C19H28N2O4S/c1-12-11-13(20-16(23)18(2,3)4)26-14(12)15(22)21-19(17(24)25-5)9-7-6-8-10-19/h11H,6-10H2,1-5H3,(H,20,23)(H,21,22). The molecule has 1 fully saturated rings. The van der Waals surface area contributed by atoms with Crippen LogP contribution in [0.25, 0.3) is 0 Å². The SMILES string of the molecule is COC(=O)C1(NC(=O)c2sc(NC(=O)C(C)(C)C)cc2C)CCCCC1. The Bertz CT molecular complexity index is 697. The molecule has 1 aliphatic rings. The molecule has 26 heavy (non-hydrogen) atoms. The van der Waals surface area contributed by atoms with Gasteiger partial charge in [0.15, 0.2) is 0 Å². The van der Waals surface area contributed by atoms with Gasteiger partial charge in [-0.05, 0) is 31.4 Å². The van der Waals surface area contributed by atoms with Crippen LogP contribution < -0.4 is 10.6 Å². The lowest BCUT2D eigenvalue weighted by molar-refractivity contribution is -0.149. The van der Waals surface area contributed by atoms with Gasteiger partial charge in [-0.1, -0.05) is 40.0 Å². The normalized spacial score (nSPS) is 16.7. The first kappa shape index (κ1) is 20.4. The average molecular weight is 381 g/mol. The Kier molecular flexibility index (Phi) is 6.11. The Morgan fingerprint density at radius 1 is 1.15 bits per heavy atom. The van der Waals surface area contributed by atoms with Crippen molar-refractivity contribution in [3.05, 3.63) is 16.5 Å². The van der Waals surface area contributed by atoms with E-state index in [4.69, 9.17) is 4.74 Å². The van der Waals surface area contributed by atoms with E-state index in [-0.39, 0.29) is 17.8 Å². The molecule has 1 aromatic heterocycles. The second kappa shape index (κ2) is 7.78. The Hall–Kier alpha value is -1.89. The maximum absolute atomic E-state index is 12.8. The first-order chi connectivity index (χ1) is 12.1. The van der Waals surface area contributed by atoms with Crippen LogP contribution in [0.2, 0.25) is 0 Å². The number of methoxy groups -OCH3 is 1. The smallest absolute Gasteiger partial charge is 0.331 e. The van der Waals surface area contributed by atoms with E-state index in [1.165, 1.54) is 18.4 Å². The first-order valence-corrected chi connectivity index (χ1v) is 9.73. The second-order valence-electron chi connectivity index (χ2n) is 7.92. The van der Waals surface area contributed by atoms with Gasteiger partial charge in [-0.2, -0.15) is 0 Å². The monoisotopic (exact) mass is 380 g/mol. The molecule has 2 N–H and O–H groups in total. The summed E-state index contributed by atoms with van der Waals surface area (Å²) in [5, 5.41) is 6.40. The first-order valence-electron chi connectivity index (χ1n) is 8.92. The van der Waals surface area contributed by atoms with Crippen molar-refractivity contribution in [2.75, 3.05) is 12.4 Å². The summed E-state index contributed by atoms with van der Waals surface area (Å²) < 4.78 is 4.95. The molecule has 0 atom stereocenters. The Balaban J connectivity index is 2.18. The fourth-order valence-electron chi connectivity index (χ4n) is 3.07. The molecule has 0 spiro atoms. The van der Waals surface area contributed by atoms with Gasteiger partial charge in [0.1, 0.15) is 5.54 Å². The number of thiophene rings is 1. The molecule has 0 aromatic carbocycles. The van der Waals surface area contributed by atoms with Gasteiger partial charge in [0.2, 0.25) is 5.91 Å². The van der Waals surface area contributed by atoms with Crippen LogP contribution in [-0.4, -0.2) is 30.4 Å². The lowest BCUT2D eigenvalue weighted by Gasteiger charge is -2.35. The third-order valence-corrected chi connectivity index (χ3v) is 5.83. The quantitative estimate of drug-likeness (QED) is 0.781. The molecule has 7 heteroatoms. The summed E-state index contributed by atoms with van der Waals surface area (Å²) in [6, 6.07) is 1.79. The molecule has 1 aromatic rings. The van der Waals surface area contributed by atoms with Crippen LogP contribution in [0.15, 0.2) is 6.07 Å². The summed E-state index contributed by atoms with van der Waals surface area (Å²) in [6.45, 7) is 7.32. The van der Waals surface area contributed by atoms with Gasteiger partial charge in [0.05, 0.1) is 17.0 Å². The van der Waals surface area contributed by atoms with Crippen molar-refractivity contribution in [3.8, 4) is 0 Å². The number of esters is 1. The van der Waals surface area contributed by atoms with Crippen LogP contribution >= 0.6 is 11.3 Å². The van der Waals surface area contributed by atoms with Gasteiger partial charge >= 0.3 is 5.97 Å². The van der Waals surface area contributed by atoms with E-state index in [9.17, 15) is 14.4 Å². The average Bonchev–Trinajstić information content (AvgIpc) is 2.94. The van der Waals surface area contributed by atoms with Gasteiger partial charge < -0.3 is 15.4 Å². The van der Waals surface area contributed by atoms with Gasteiger partial charge in [-0.25, -0.2) is 4.79 Å². The number of anilines is 1. The molecule has 0 unspecified atom stereocenters. The van der Waals surface area contributed by atoms with E-state index in [0.29, 0.717) is 22.7 Å². The zero-order valence-corrected chi connectivity index (χ0v) is 17.0. The zero-order chi connectivity index (χ0) is 19.5. The predicted octanol–water partition coefficient (Wildman–Crippen LogP) is 3.65. The molecule has 2 amide bonds. The van der Waals surface area contributed by atoms with Crippen molar-refractivity contribution in [1.29, 1.82) is 0 Å². The highest BCUT2D eigenvalue weighted by molar-refractivity contribution is 7.18. The van der Waals surface area contributed by atoms with E-state index >= 15 is 0 Å². The highest BCUT2D eigenvalue weighted by Crippen LogP contribution is 2.32. The van der Waals surface area contributed by atoms with E-state index in [2.05, 4.69) is 10.6 Å². The van der Waals surface area contributed by atoms with Crippen LogP contribution in [0, 0.1) is 12.3 Å². The molecule has 2 rings (SSSR count). The van der Waals surface area contributed by atoms with Crippen molar-refractivity contribution < 1.29 is 19.1 Å². The molecule has 6 nitrogen and oxygen atoms in total. The lowest BCUT2D eigenvalue weighted by atomic mass is 9.81. The van der Waals surface area contributed by atoms with Crippen LogP contribution in [0.1, 0.15) is 68.1 Å². The number of amides is 2. The van der Waals surface area contributed by atoms with Crippen molar-refractivity contribution >= 4 is 34.1 Å². The number of carbonyl (C=O) groups excluding carboxylic acids is 3. The summed E-state index contributed by atoms with van der Waals surface area (Å²) in [5.41, 5.74) is -0.695. The number of rotatable bonds is 4. The fraction of sp³-hybridized carbons (Fsp3) is 0.632. The molecule has 144 valence electrons. The summed E-state index contributed by atoms with van der Waals surface area (Å²) in [4.78, 5) is 37.8. The second-order valence-corrected chi connectivity index (χ2v) is 8.97. The van der Waals surface area contributed by atoms with Crippen molar-refractivity contribution in [3.63, 3.8) is 0 Å². The number of hydrogen-bond donors (Lipinski definition) is 2. The van der Waals surface area contributed by atoms with E-state index in [0.717, 1.165) is 24.8 Å². The molecule has 0 saturated heterocycles. The third kappa shape index (κ3) is 4.44. The summed E-state index contributed by atoms with van der Waals surface area (Å²) in [5.74, 6) is -0.791.